The summed E-state index contributed by atoms with van der Waals surface area (Å²) in [4.78, 5) is 14.1. The molecule has 0 aliphatic carbocycles. The molecular weight excluding hydrogens is 316 g/mol. The van der Waals surface area contributed by atoms with Crippen LogP contribution in [0, 0.1) is 6.92 Å². The molecule has 7 heteroatoms. The van der Waals surface area contributed by atoms with Gasteiger partial charge in [-0.1, -0.05) is 0 Å². The summed E-state index contributed by atoms with van der Waals surface area (Å²) in [7, 11) is 0. The topological polar surface area (TPSA) is 58.4 Å². The molecule has 2 heterocycles. The fraction of sp³-hybridized carbons (Fsp3) is 0.412. The van der Waals surface area contributed by atoms with Crippen LogP contribution in [-0.2, 0) is 0 Å². The number of aliphatic hydroxyl groups is 1. The number of halogens is 2. The second-order valence-corrected chi connectivity index (χ2v) is 6.15. The normalized spacial score (nSPS) is 17.3. The molecule has 0 unspecified atom stereocenters. The molecule has 1 saturated heterocycles. The zero-order valence-electron chi connectivity index (χ0n) is 13.3. The average Bonchev–Trinajstić information content (AvgIpc) is 3.09. The molecule has 128 valence electrons. The smallest absolute Gasteiger partial charge is 0.266 e. The molecule has 0 spiro atoms. The lowest BCUT2D eigenvalue weighted by Crippen LogP contribution is -2.50. The number of hydrogen-bond donors (Lipinski definition) is 1. The van der Waals surface area contributed by atoms with Crippen molar-refractivity contribution in [2.45, 2.75) is 31.8 Å². The fourth-order valence-electron chi connectivity index (χ4n) is 2.95. The molecule has 1 aliphatic rings. The minimum Gasteiger partial charge on any atom is -0.384 e. The molecule has 1 aliphatic heterocycles. The van der Waals surface area contributed by atoms with Crippen LogP contribution in [0.4, 0.5) is 8.78 Å². The molecule has 0 radical (unpaired) electrons. The van der Waals surface area contributed by atoms with E-state index in [1.807, 2.05) is 25.3 Å². The van der Waals surface area contributed by atoms with Crippen LogP contribution in [0.5, 0.6) is 0 Å². The van der Waals surface area contributed by atoms with Crippen molar-refractivity contribution < 1.29 is 18.7 Å². The van der Waals surface area contributed by atoms with Crippen molar-refractivity contribution in [1.82, 2.24) is 14.7 Å². The number of aromatic nitrogens is 2. The van der Waals surface area contributed by atoms with Crippen molar-refractivity contribution in [3.05, 3.63) is 47.8 Å². The highest BCUT2D eigenvalue weighted by molar-refractivity contribution is 5.94. The highest BCUT2D eigenvalue weighted by Crippen LogP contribution is 2.29. The molecule has 1 N–H and O–H groups in total. The van der Waals surface area contributed by atoms with E-state index >= 15 is 0 Å². The lowest BCUT2D eigenvalue weighted by Gasteiger charge is -2.37. The number of hydrogen-bond acceptors (Lipinski definition) is 3. The molecule has 0 bridgehead atoms. The maximum Gasteiger partial charge on any atom is 0.266 e. The standard InChI is InChI=1S/C17H19F2N3O2/c1-12-11-13(3-4-14(12)22-8-2-7-20-22)15(23)21-9-5-17(24,6-10-21)16(18)19/h2-4,7-8,11,16,24H,5-6,9-10H2,1H3. The van der Waals surface area contributed by atoms with Crippen LogP contribution in [0.3, 0.4) is 0 Å². The molecule has 0 atom stereocenters. The van der Waals surface area contributed by atoms with Gasteiger partial charge in [0.15, 0.2) is 0 Å². The highest BCUT2D eigenvalue weighted by atomic mass is 19.3. The molecule has 1 aromatic carbocycles. The van der Waals surface area contributed by atoms with Crippen LogP contribution in [-0.4, -0.2) is 50.8 Å². The average molecular weight is 335 g/mol. The quantitative estimate of drug-likeness (QED) is 0.937. The predicted octanol–water partition coefficient (Wildman–Crippen LogP) is 2.41. The Bertz CT molecular complexity index is 723. The molecule has 1 amide bonds. The highest BCUT2D eigenvalue weighted by Gasteiger charge is 2.41. The molecule has 2 aromatic rings. The van der Waals surface area contributed by atoms with Gasteiger partial charge in [0.25, 0.3) is 12.3 Å². The Morgan fingerprint density at radius 3 is 2.58 bits per heavy atom. The Balaban J connectivity index is 1.74. The molecule has 5 nitrogen and oxygen atoms in total. The van der Waals surface area contributed by atoms with E-state index in [1.165, 1.54) is 4.90 Å². The summed E-state index contributed by atoms with van der Waals surface area (Å²) in [5.41, 5.74) is 0.301. The number of benzene rings is 1. The van der Waals surface area contributed by atoms with Crippen LogP contribution in [0.25, 0.3) is 5.69 Å². The number of nitrogens with zero attached hydrogens (tertiary/aromatic N) is 3. The van der Waals surface area contributed by atoms with Crippen molar-refractivity contribution in [2.75, 3.05) is 13.1 Å². The van der Waals surface area contributed by atoms with Crippen LogP contribution in [0.2, 0.25) is 0 Å². The molecule has 1 aromatic heterocycles. The second kappa shape index (κ2) is 6.32. The fourth-order valence-corrected chi connectivity index (χ4v) is 2.95. The lowest BCUT2D eigenvalue weighted by atomic mass is 9.91. The van der Waals surface area contributed by atoms with Gasteiger partial charge >= 0.3 is 0 Å². The maximum atomic E-state index is 12.8. The monoisotopic (exact) mass is 335 g/mol. The first-order valence-electron chi connectivity index (χ1n) is 7.81. The van der Waals surface area contributed by atoms with Crippen LogP contribution in [0.15, 0.2) is 36.7 Å². The first-order valence-corrected chi connectivity index (χ1v) is 7.81. The number of piperidine rings is 1. The summed E-state index contributed by atoms with van der Waals surface area (Å²) in [5, 5.41) is 14.0. The summed E-state index contributed by atoms with van der Waals surface area (Å²) >= 11 is 0. The summed E-state index contributed by atoms with van der Waals surface area (Å²) in [6.07, 6.45) is 0.489. The largest absolute Gasteiger partial charge is 0.384 e. The summed E-state index contributed by atoms with van der Waals surface area (Å²) < 4.78 is 27.4. The van der Waals surface area contributed by atoms with Gasteiger partial charge in [-0.3, -0.25) is 4.79 Å². The third-order valence-corrected chi connectivity index (χ3v) is 4.52. The Labute approximate surface area is 138 Å². The van der Waals surface area contributed by atoms with Crippen molar-refractivity contribution in [1.29, 1.82) is 0 Å². The zero-order valence-corrected chi connectivity index (χ0v) is 13.3. The van der Waals surface area contributed by atoms with Gasteiger partial charge in [-0.25, -0.2) is 13.5 Å². The number of rotatable bonds is 3. The van der Waals surface area contributed by atoms with E-state index in [0.717, 1.165) is 11.3 Å². The number of amides is 1. The van der Waals surface area contributed by atoms with E-state index in [1.54, 1.807) is 23.0 Å². The van der Waals surface area contributed by atoms with E-state index in [-0.39, 0.29) is 31.8 Å². The van der Waals surface area contributed by atoms with Gasteiger partial charge in [0.1, 0.15) is 5.60 Å². The van der Waals surface area contributed by atoms with E-state index in [9.17, 15) is 18.7 Å². The van der Waals surface area contributed by atoms with E-state index in [4.69, 9.17) is 0 Å². The first-order chi connectivity index (χ1) is 11.4. The summed E-state index contributed by atoms with van der Waals surface area (Å²) in [6.45, 7) is 2.14. The van der Waals surface area contributed by atoms with Crippen LogP contribution < -0.4 is 0 Å². The lowest BCUT2D eigenvalue weighted by molar-refractivity contribution is -0.122. The van der Waals surface area contributed by atoms with E-state index in [0.29, 0.717) is 5.56 Å². The van der Waals surface area contributed by atoms with E-state index < -0.39 is 12.0 Å². The Kier molecular flexibility index (Phi) is 4.36. The molecule has 0 saturated carbocycles. The minimum atomic E-state index is -2.79. The third-order valence-electron chi connectivity index (χ3n) is 4.52. The molecule has 3 rings (SSSR count). The van der Waals surface area contributed by atoms with Gasteiger partial charge in [0, 0.05) is 31.0 Å². The first kappa shape index (κ1) is 16.6. The summed E-state index contributed by atoms with van der Waals surface area (Å²) in [5.74, 6) is -0.207. The van der Waals surface area contributed by atoms with Gasteiger partial charge < -0.3 is 10.0 Å². The van der Waals surface area contributed by atoms with Gasteiger partial charge in [0.05, 0.1) is 5.69 Å². The number of aryl methyl sites for hydroxylation is 1. The SMILES string of the molecule is Cc1cc(C(=O)N2CCC(O)(C(F)F)CC2)ccc1-n1cccn1. The minimum absolute atomic E-state index is 0.110. The second-order valence-electron chi connectivity index (χ2n) is 6.15. The van der Waals surface area contributed by atoms with E-state index in [2.05, 4.69) is 5.10 Å². The Morgan fingerprint density at radius 1 is 1.33 bits per heavy atom. The predicted molar refractivity (Wildman–Crippen MR) is 84.4 cm³/mol. The van der Waals surface area contributed by atoms with Gasteiger partial charge in [0.2, 0.25) is 0 Å². The Hall–Kier alpha value is -2.28. The Morgan fingerprint density at radius 2 is 2.04 bits per heavy atom. The summed E-state index contributed by atoms with van der Waals surface area (Å²) in [6, 6.07) is 7.11. The molecular formula is C17H19F2N3O2. The van der Waals surface area contributed by atoms with Crippen molar-refractivity contribution in [3.8, 4) is 5.69 Å². The van der Waals surface area contributed by atoms with Crippen molar-refractivity contribution in [2.24, 2.45) is 0 Å². The van der Waals surface area contributed by atoms with Gasteiger partial charge in [-0.15, -0.1) is 0 Å². The van der Waals surface area contributed by atoms with Crippen molar-refractivity contribution in [3.63, 3.8) is 0 Å². The number of likely N-dealkylation sites (tertiary alicyclic amines) is 1. The number of carbonyl (C=O) groups excluding carboxylic acids is 1. The van der Waals surface area contributed by atoms with Crippen LogP contribution in [0.1, 0.15) is 28.8 Å². The van der Waals surface area contributed by atoms with Gasteiger partial charge in [-0.2, -0.15) is 5.10 Å². The van der Waals surface area contributed by atoms with Crippen molar-refractivity contribution >= 4 is 5.91 Å². The van der Waals surface area contributed by atoms with Gasteiger partial charge in [-0.05, 0) is 49.6 Å². The molecule has 1 fully saturated rings. The zero-order chi connectivity index (χ0) is 17.3. The number of alkyl halides is 2. The molecule has 24 heavy (non-hydrogen) atoms. The third kappa shape index (κ3) is 3.03. The maximum absolute atomic E-state index is 12.8. The van der Waals surface area contributed by atoms with Crippen LogP contribution >= 0.6 is 0 Å². The number of carbonyl (C=O) groups is 1.